The number of hydrogen-bond acceptors (Lipinski definition) is 3. The van der Waals surface area contributed by atoms with Crippen LogP contribution >= 0.6 is 0 Å². The Kier molecular flexibility index (Phi) is 4.09. The van der Waals surface area contributed by atoms with Crippen molar-refractivity contribution in [2.75, 3.05) is 13.2 Å². The van der Waals surface area contributed by atoms with Gasteiger partial charge in [0.1, 0.15) is 11.1 Å². The molecule has 2 unspecified atom stereocenters. The van der Waals surface area contributed by atoms with Gasteiger partial charge in [0.15, 0.2) is 0 Å². The number of piperazine rings is 1. The number of hydrogen-bond donors (Lipinski definition) is 1. The van der Waals surface area contributed by atoms with Gasteiger partial charge in [-0.3, -0.25) is 9.59 Å². The van der Waals surface area contributed by atoms with Gasteiger partial charge in [0.2, 0.25) is 11.8 Å². The Bertz CT molecular complexity index is 402. The van der Waals surface area contributed by atoms with Crippen LogP contribution in [0, 0.1) is 0 Å². The minimum absolute atomic E-state index is 0.00114. The van der Waals surface area contributed by atoms with Crippen molar-refractivity contribution < 1.29 is 14.3 Å². The molecule has 2 amide bonds. The van der Waals surface area contributed by atoms with Crippen molar-refractivity contribution in [2.24, 2.45) is 0 Å². The van der Waals surface area contributed by atoms with E-state index in [1.165, 1.54) is 0 Å². The van der Waals surface area contributed by atoms with Gasteiger partial charge in [-0.25, -0.2) is 0 Å². The molecule has 0 spiro atoms. The van der Waals surface area contributed by atoms with Crippen molar-refractivity contribution in [3.05, 3.63) is 0 Å². The van der Waals surface area contributed by atoms with Gasteiger partial charge in [0.05, 0.1) is 6.10 Å². The molecule has 2 heterocycles. The summed E-state index contributed by atoms with van der Waals surface area (Å²) < 4.78 is 5.73. The smallest absolute Gasteiger partial charge is 0.248 e. The van der Waals surface area contributed by atoms with E-state index in [0.29, 0.717) is 13.0 Å². The number of carbonyl (C=O) groups excluding carboxylic acids is 2. The molecular weight excluding hydrogens is 256 g/mol. The molecule has 20 heavy (non-hydrogen) atoms. The Balaban J connectivity index is 2.21. The zero-order valence-electron chi connectivity index (χ0n) is 13.0. The first-order valence-corrected chi connectivity index (χ1v) is 7.57. The second kappa shape index (κ2) is 5.35. The zero-order valence-corrected chi connectivity index (χ0v) is 13.0. The fourth-order valence-electron chi connectivity index (χ4n) is 2.84. The highest BCUT2D eigenvalue weighted by atomic mass is 16.5. The Hall–Kier alpha value is -1.10. The molecule has 1 N–H and O–H groups in total. The summed E-state index contributed by atoms with van der Waals surface area (Å²) in [6.07, 6.45) is 3.82. The Morgan fingerprint density at radius 3 is 2.55 bits per heavy atom. The number of carbonyl (C=O) groups is 2. The van der Waals surface area contributed by atoms with Crippen LogP contribution in [0.15, 0.2) is 0 Å². The Morgan fingerprint density at radius 1 is 1.30 bits per heavy atom. The van der Waals surface area contributed by atoms with E-state index in [1.807, 2.05) is 6.92 Å². The van der Waals surface area contributed by atoms with Crippen LogP contribution in [0.25, 0.3) is 0 Å². The van der Waals surface area contributed by atoms with Gasteiger partial charge in [0.25, 0.3) is 0 Å². The van der Waals surface area contributed by atoms with Crippen molar-refractivity contribution in [2.45, 2.75) is 70.6 Å². The van der Waals surface area contributed by atoms with E-state index in [4.69, 9.17) is 4.74 Å². The molecule has 5 nitrogen and oxygen atoms in total. The first-order chi connectivity index (χ1) is 9.31. The summed E-state index contributed by atoms with van der Waals surface area (Å²) in [5.74, 6) is -0.0870. The van der Waals surface area contributed by atoms with Crippen LogP contribution in [0.1, 0.15) is 53.4 Å². The number of amides is 2. The summed E-state index contributed by atoms with van der Waals surface area (Å²) in [5.41, 5.74) is -1.60. The largest absolute Gasteiger partial charge is 0.376 e. The average molecular weight is 282 g/mol. The first-order valence-electron chi connectivity index (χ1n) is 7.57. The fraction of sp³-hybridized carbons (Fsp3) is 0.867. The molecule has 0 saturated carbocycles. The standard InChI is InChI=1S/C15H26N2O3/c1-5-15(4)13(19)17(14(2,3)12(18)16-15)10-11-8-6-7-9-20-11/h11H,5-10H2,1-4H3,(H,16,18). The molecule has 0 radical (unpaired) electrons. The summed E-state index contributed by atoms with van der Waals surface area (Å²) in [7, 11) is 0. The maximum atomic E-state index is 12.8. The van der Waals surface area contributed by atoms with Crippen molar-refractivity contribution in [3.8, 4) is 0 Å². The summed E-state index contributed by atoms with van der Waals surface area (Å²) >= 11 is 0. The van der Waals surface area contributed by atoms with Gasteiger partial charge in [-0.1, -0.05) is 6.92 Å². The fourth-order valence-corrected chi connectivity index (χ4v) is 2.84. The van der Waals surface area contributed by atoms with E-state index < -0.39 is 11.1 Å². The van der Waals surface area contributed by atoms with Crippen LogP contribution < -0.4 is 5.32 Å². The van der Waals surface area contributed by atoms with Crippen LogP contribution in [0.2, 0.25) is 0 Å². The minimum atomic E-state index is -0.813. The average Bonchev–Trinajstić information content (AvgIpc) is 2.43. The topological polar surface area (TPSA) is 58.6 Å². The SMILES string of the molecule is CCC1(C)NC(=O)C(C)(C)N(CC2CCCCO2)C1=O. The van der Waals surface area contributed by atoms with Crippen LogP contribution in [0.5, 0.6) is 0 Å². The third-order valence-electron chi connectivity index (χ3n) is 4.70. The number of rotatable bonds is 3. The van der Waals surface area contributed by atoms with E-state index >= 15 is 0 Å². The molecule has 2 atom stereocenters. The third-order valence-corrected chi connectivity index (χ3v) is 4.70. The van der Waals surface area contributed by atoms with Crippen LogP contribution in [0.3, 0.4) is 0 Å². The molecule has 0 aliphatic carbocycles. The number of nitrogens with one attached hydrogen (secondary N) is 1. The van der Waals surface area contributed by atoms with Crippen molar-refractivity contribution in [1.82, 2.24) is 10.2 Å². The monoisotopic (exact) mass is 282 g/mol. The molecule has 0 aromatic carbocycles. The number of nitrogens with zero attached hydrogens (tertiary/aromatic N) is 1. The predicted molar refractivity (Wildman–Crippen MR) is 76.2 cm³/mol. The molecule has 114 valence electrons. The second-order valence-electron chi connectivity index (χ2n) is 6.60. The molecule has 0 aromatic rings. The van der Waals surface area contributed by atoms with Crippen molar-refractivity contribution in [3.63, 3.8) is 0 Å². The van der Waals surface area contributed by atoms with Gasteiger partial charge >= 0.3 is 0 Å². The predicted octanol–water partition coefficient (Wildman–Crippen LogP) is 1.46. The molecular formula is C15H26N2O3. The summed E-state index contributed by atoms with van der Waals surface area (Å²) in [6, 6.07) is 0. The first kappa shape index (κ1) is 15.3. The van der Waals surface area contributed by atoms with Gasteiger partial charge < -0.3 is 15.0 Å². The quantitative estimate of drug-likeness (QED) is 0.852. The maximum Gasteiger partial charge on any atom is 0.248 e. The van der Waals surface area contributed by atoms with Gasteiger partial charge in [0, 0.05) is 13.2 Å². The Morgan fingerprint density at radius 2 is 2.00 bits per heavy atom. The molecule has 2 rings (SSSR count). The molecule has 2 saturated heterocycles. The van der Waals surface area contributed by atoms with Crippen molar-refractivity contribution >= 4 is 11.8 Å². The Labute approximate surface area is 121 Å². The molecule has 2 aliphatic rings. The van der Waals surface area contributed by atoms with Gasteiger partial charge in [-0.2, -0.15) is 0 Å². The second-order valence-corrected chi connectivity index (χ2v) is 6.60. The molecule has 5 heteroatoms. The lowest BCUT2D eigenvalue weighted by Crippen LogP contribution is -2.73. The van der Waals surface area contributed by atoms with E-state index in [0.717, 1.165) is 25.9 Å². The van der Waals surface area contributed by atoms with Crippen LogP contribution in [-0.2, 0) is 14.3 Å². The van der Waals surface area contributed by atoms with Gasteiger partial charge in [-0.15, -0.1) is 0 Å². The highest BCUT2D eigenvalue weighted by molar-refractivity contribution is 6.01. The van der Waals surface area contributed by atoms with Crippen molar-refractivity contribution in [1.29, 1.82) is 0 Å². The summed E-state index contributed by atoms with van der Waals surface area (Å²) in [4.78, 5) is 26.8. The van der Waals surface area contributed by atoms with Crippen LogP contribution in [0.4, 0.5) is 0 Å². The highest BCUT2D eigenvalue weighted by Gasteiger charge is 2.51. The lowest BCUT2D eigenvalue weighted by molar-refractivity contribution is -0.163. The summed E-state index contributed by atoms with van der Waals surface area (Å²) in [5, 5.41) is 2.88. The van der Waals surface area contributed by atoms with E-state index in [-0.39, 0.29) is 17.9 Å². The van der Waals surface area contributed by atoms with Gasteiger partial charge in [-0.05, 0) is 46.5 Å². The van der Waals surface area contributed by atoms with Crippen LogP contribution in [-0.4, -0.2) is 47.0 Å². The maximum absolute atomic E-state index is 12.8. The zero-order chi connectivity index (χ0) is 15.0. The van der Waals surface area contributed by atoms with E-state index in [1.54, 1.807) is 25.7 Å². The third kappa shape index (κ3) is 2.55. The molecule has 2 aliphatic heterocycles. The lowest BCUT2D eigenvalue weighted by atomic mass is 9.86. The normalized spacial score (nSPS) is 34.0. The number of ether oxygens (including phenoxy) is 1. The molecule has 0 aromatic heterocycles. The molecule has 0 bridgehead atoms. The molecule has 2 fully saturated rings. The van der Waals surface area contributed by atoms with E-state index in [9.17, 15) is 9.59 Å². The minimum Gasteiger partial charge on any atom is -0.376 e. The lowest BCUT2D eigenvalue weighted by Gasteiger charge is -2.49. The highest BCUT2D eigenvalue weighted by Crippen LogP contribution is 2.29. The van der Waals surface area contributed by atoms with E-state index in [2.05, 4.69) is 5.32 Å². The summed E-state index contributed by atoms with van der Waals surface area (Å²) in [6.45, 7) is 8.60.